The van der Waals surface area contributed by atoms with Gasteiger partial charge in [-0.3, -0.25) is 4.90 Å². The third-order valence-corrected chi connectivity index (χ3v) is 4.72. The van der Waals surface area contributed by atoms with Crippen molar-refractivity contribution in [1.29, 1.82) is 0 Å². The average Bonchev–Trinajstić information content (AvgIpc) is 2.44. The van der Waals surface area contributed by atoms with Gasteiger partial charge in [0.15, 0.2) is 0 Å². The van der Waals surface area contributed by atoms with E-state index in [1.165, 1.54) is 37.9 Å². The number of hydrogen-bond donors (Lipinski definition) is 1. The lowest BCUT2D eigenvalue weighted by atomic mass is 9.98. The first-order valence-electron chi connectivity index (χ1n) is 7.56. The fraction of sp³-hybridized carbons (Fsp3) is 0.625. The van der Waals surface area contributed by atoms with Crippen LogP contribution in [0.3, 0.4) is 0 Å². The fourth-order valence-electron chi connectivity index (χ4n) is 2.90. The molecule has 0 amide bonds. The number of nitrogens with zero attached hydrogens (tertiary/aromatic N) is 1. The highest BCUT2D eigenvalue weighted by molar-refractivity contribution is 9.10. The molecule has 0 aromatic heterocycles. The van der Waals surface area contributed by atoms with E-state index in [1.807, 2.05) is 12.1 Å². The fourth-order valence-corrected chi connectivity index (χ4v) is 3.49. The summed E-state index contributed by atoms with van der Waals surface area (Å²) in [5.41, 5.74) is 1.22. The maximum absolute atomic E-state index is 6.32. The molecule has 20 heavy (non-hydrogen) atoms. The number of rotatable bonds is 6. The normalized spacial score (nSPS) is 19.5. The Morgan fingerprint density at radius 1 is 1.45 bits per heavy atom. The molecule has 0 aliphatic carbocycles. The van der Waals surface area contributed by atoms with Gasteiger partial charge in [-0.2, -0.15) is 0 Å². The molecule has 1 saturated heterocycles. The molecule has 1 N–H and O–H groups in total. The lowest BCUT2D eigenvalue weighted by Crippen LogP contribution is -2.38. The van der Waals surface area contributed by atoms with Crippen LogP contribution in [0.5, 0.6) is 0 Å². The first kappa shape index (κ1) is 16.3. The van der Waals surface area contributed by atoms with Gasteiger partial charge < -0.3 is 5.32 Å². The molecule has 1 aliphatic heterocycles. The Kier molecular flexibility index (Phi) is 6.82. The largest absolute Gasteiger partial charge is 0.316 e. The summed E-state index contributed by atoms with van der Waals surface area (Å²) >= 11 is 9.86. The van der Waals surface area contributed by atoms with E-state index in [2.05, 4.69) is 39.1 Å². The van der Waals surface area contributed by atoms with Gasteiger partial charge in [-0.1, -0.05) is 34.5 Å². The van der Waals surface area contributed by atoms with E-state index in [0.29, 0.717) is 0 Å². The predicted molar refractivity (Wildman–Crippen MR) is 90.3 cm³/mol. The van der Waals surface area contributed by atoms with Gasteiger partial charge in [-0.15, -0.1) is 0 Å². The molecule has 1 aliphatic rings. The Morgan fingerprint density at radius 2 is 2.30 bits per heavy atom. The minimum Gasteiger partial charge on any atom is -0.316 e. The van der Waals surface area contributed by atoms with E-state index in [-0.39, 0.29) is 0 Å². The molecule has 1 heterocycles. The van der Waals surface area contributed by atoms with E-state index in [1.54, 1.807) is 0 Å². The highest BCUT2D eigenvalue weighted by Crippen LogP contribution is 2.23. The number of halogens is 2. The van der Waals surface area contributed by atoms with Crippen LogP contribution in [0.2, 0.25) is 5.02 Å². The molecule has 1 aromatic carbocycles. The first-order valence-corrected chi connectivity index (χ1v) is 8.73. The lowest BCUT2D eigenvalue weighted by Gasteiger charge is -2.30. The second kappa shape index (κ2) is 8.38. The van der Waals surface area contributed by atoms with E-state index in [4.69, 9.17) is 11.6 Å². The van der Waals surface area contributed by atoms with Crippen molar-refractivity contribution >= 4 is 27.5 Å². The van der Waals surface area contributed by atoms with Crippen molar-refractivity contribution in [1.82, 2.24) is 10.2 Å². The van der Waals surface area contributed by atoms with Crippen LogP contribution < -0.4 is 5.32 Å². The molecule has 0 radical (unpaired) electrons. The molecule has 4 heteroatoms. The van der Waals surface area contributed by atoms with Gasteiger partial charge in [0, 0.05) is 22.6 Å². The van der Waals surface area contributed by atoms with Crippen molar-refractivity contribution < 1.29 is 0 Å². The molecule has 2 nitrogen and oxygen atoms in total. The van der Waals surface area contributed by atoms with Gasteiger partial charge in [0.2, 0.25) is 0 Å². The third kappa shape index (κ3) is 5.03. The summed E-state index contributed by atoms with van der Waals surface area (Å²) < 4.78 is 1.10. The van der Waals surface area contributed by atoms with Gasteiger partial charge in [-0.05, 0) is 68.6 Å². The predicted octanol–water partition coefficient (Wildman–Crippen LogP) is 4.31. The van der Waals surface area contributed by atoms with Crippen LogP contribution in [0.15, 0.2) is 22.7 Å². The van der Waals surface area contributed by atoms with E-state index in [0.717, 1.165) is 35.0 Å². The first-order chi connectivity index (χ1) is 9.69. The number of nitrogens with one attached hydrogen (secondary N) is 1. The van der Waals surface area contributed by atoms with E-state index in [9.17, 15) is 0 Å². The zero-order chi connectivity index (χ0) is 14.4. The van der Waals surface area contributed by atoms with E-state index >= 15 is 0 Å². The highest BCUT2D eigenvalue weighted by Gasteiger charge is 2.17. The van der Waals surface area contributed by atoms with Crippen molar-refractivity contribution in [2.45, 2.75) is 32.7 Å². The highest BCUT2D eigenvalue weighted by atomic mass is 79.9. The van der Waals surface area contributed by atoms with Crippen LogP contribution >= 0.6 is 27.5 Å². The summed E-state index contributed by atoms with van der Waals surface area (Å²) in [6.45, 7) is 7.84. The molecule has 0 spiro atoms. The van der Waals surface area contributed by atoms with Gasteiger partial charge in [0.25, 0.3) is 0 Å². The van der Waals surface area contributed by atoms with Crippen LogP contribution in [0.4, 0.5) is 0 Å². The summed E-state index contributed by atoms with van der Waals surface area (Å²) in [6, 6.07) is 6.12. The van der Waals surface area contributed by atoms with Crippen LogP contribution in [0, 0.1) is 5.92 Å². The maximum atomic E-state index is 6.32. The van der Waals surface area contributed by atoms with Crippen LogP contribution in [-0.4, -0.2) is 31.1 Å². The summed E-state index contributed by atoms with van der Waals surface area (Å²) in [7, 11) is 0. The summed E-state index contributed by atoms with van der Waals surface area (Å²) in [4.78, 5) is 2.55. The Morgan fingerprint density at radius 3 is 3.00 bits per heavy atom. The SMILES string of the molecule is CCCN(Cc1cc(Br)ccc1Cl)CC1CCCNC1. The molecular formula is C16H24BrClN2. The van der Waals surface area contributed by atoms with Gasteiger partial charge >= 0.3 is 0 Å². The molecular weight excluding hydrogens is 336 g/mol. The Hall–Kier alpha value is -0.0900. The molecule has 1 aromatic rings. The topological polar surface area (TPSA) is 15.3 Å². The van der Waals surface area contributed by atoms with Crippen LogP contribution in [0.1, 0.15) is 31.7 Å². The van der Waals surface area contributed by atoms with Crippen molar-refractivity contribution in [2.24, 2.45) is 5.92 Å². The average molecular weight is 360 g/mol. The second-order valence-corrected chi connectivity index (χ2v) is 7.01. The summed E-state index contributed by atoms with van der Waals surface area (Å²) in [6.07, 6.45) is 3.84. The van der Waals surface area contributed by atoms with Gasteiger partial charge in [0.1, 0.15) is 0 Å². The molecule has 112 valence electrons. The third-order valence-electron chi connectivity index (χ3n) is 3.86. The maximum Gasteiger partial charge on any atom is 0.0451 e. The molecule has 2 rings (SSSR count). The Balaban J connectivity index is 1.98. The van der Waals surface area contributed by atoms with Crippen LogP contribution in [0.25, 0.3) is 0 Å². The minimum absolute atomic E-state index is 0.779. The summed E-state index contributed by atoms with van der Waals surface area (Å²) in [5.74, 6) is 0.779. The zero-order valence-corrected chi connectivity index (χ0v) is 14.5. The standard InChI is InChI=1S/C16H24BrClN2/c1-2-8-20(11-13-4-3-7-19-10-13)12-14-9-15(17)5-6-16(14)18/h5-6,9,13,19H,2-4,7-8,10-12H2,1H3. The quantitative estimate of drug-likeness (QED) is 0.814. The number of piperidine rings is 1. The summed E-state index contributed by atoms with van der Waals surface area (Å²) in [5, 5.41) is 4.38. The zero-order valence-electron chi connectivity index (χ0n) is 12.2. The van der Waals surface area contributed by atoms with E-state index < -0.39 is 0 Å². The van der Waals surface area contributed by atoms with Crippen LogP contribution in [-0.2, 0) is 6.54 Å². The molecule has 0 saturated carbocycles. The molecule has 0 bridgehead atoms. The van der Waals surface area contributed by atoms with Gasteiger partial charge in [0.05, 0.1) is 0 Å². The smallest absolute Gasteiger partial charge is 0.0451 e. The number of benzene rings is 1. The molecule has 1 atom stereocenters. The van der Waals surface area contributed by atoms with Crippen molar-refractivity contribution in [3.63, 3.8) is 0 Å². The Labute approximate surface area is 136 Å². The van der Waals surface area contributed by atoms with Crippen molar-refractivity contribution in [2.75, 3.05) is 26.2 Å². The van der Waals surface area contributed by atoms with Crippen molar-refractivity contribution in [3.8, 4) is 0 Å². The number of hydrogen-bond acceptors (Lipinski definition) is 2. The lowest BCUT2D eigenvalue weighted by molar-refractivity contribution is 0.201. The minimum atomic E-state index is 0.779. The molecule has 1 fully saturated rings. The second-order valence-electron chi connectivity index (χ2n) is 5.68. The van der Waals surface area contributed by atoms with Crippen molar-refractivity contribution in [3.05, 3.63) is 33.3 Å². The monoisotopic (exact) mass is 358 g/mol. The molecule has 1 unspecified atom stereocenters. The van der Waals surface area contributed by atoms with Gasteiger partial charge in [-0.25, -0.2) is 0 Å². The Bertz CT molecular complexity index is 419.